The Hall–Kier alpha value is -1.64. The topological polar surface area (TPSA) is 43.1 Å². The van der Waals surface area contributed by atoms with Crippen LogP contribution >= 0.6 is 0 Å². The lowest BCUT2D eigenvalue weighted by atomic mass is 9.87. The van der Waals surface area contributed by atoms with Crippen molar-refractivity contribution in [1.82, 2.24) is 4.98 Å². The van der Waals surface area contributed by atoms with Crippen molar-refractivity contribution in [3.63, 3.8) is 0 Å². The van der Waals surface area contributed by atoms with Crippen LogP contribution in [0.2, 0.25) is 0 Å². The maximum Gasteiger partial charge on any atom is 0.192 e. The third-order valence-electron chi connectivity index (χ3n) is 2.76. The summed E-state index contributed by atoms with van der Waals surface area (Å²) in [6, 6.07) is 5.74. The van der Waals surface area contributed by atoms with Gasteiger partial charge in [-0.2, -0.15) is 0 Å². The lowest BCUT2D eigenvalue weighted by Gasteiger charge is -2.16. The van der Waals surface area contributed by atoms with Gasteiger partial charge >= 0.3 is 0 Å². The number of hydrogen-bond acceptors (Lipinski definition) is 3. The van der Waals surface area contributed by atoms with Crippen LogP contribution < -0.4 is 0 Å². The van der Waals surface area contributed by atoms with Crippen molar-refractivity contribution in [2.24, 2.45) is 5.41 Å². The van der Waals surface area contributed by atoms with Crippen LogP contribution in [0.15, 0.2) is 22.6 Å². The largest absolute Gasteiger partial charge is 0.441 e. The smallest absolute Gasteiger partial charge is 0.192 e. The second-order valence-electron chi connectivity index (χ2n) is 5.38. The summed E-state index contributed by atoms with van der Waals surface area (Å²) in [5, 5.41) is 0. The normalized spacial score (nSPS) is 12.0. The van der Waals surface area contributed by atoms with Crippen LogP contribution in [-0.2, 0) is 11.2 Å². The van der Waals surface area contributed by atoms with Gasteiger partial charge in [-0.25, -0.2) is 4.98 Å². The molecule has 0 atom stereocenters. The fourth-order valence-corrected chi connectivity index (χ4v) is 1.64. The maximum absolute atomic E-state index is 11.9. The molecule has 17 heavy (non-hydrogen) atoms. The van der Waals surface area contributed by atoms with Gasteiger partial charge in [0.2, 0.25) is 0 Å². The van der Waals surface area contributed by atoms with Crippen molar-refractivity contribution in [3.8, 4) is 0 Å². The van der Waals surface area contributed by atoms with Gasteiger partial charge in [-0.15, -0.1) is 0 Å². The Kier molecular flexibility index (Phi) is 2.77. The van der Waals surface area contributed by atoms with E-state index in [0.717, 1.165) is 16.7 Å². The van der Waals surface area contributed by atoms with Gasteiger partial charge in [0.25, 0.3) is 0 Å². The second kappa shape index (κ2) is 3.99. The second-order valence-corrected chi connectivity index (χ2v) is 5.38. The molecule has 0 radical (unpaired) electrons. The van der Waals surface area contributed by atoms with Gasteiger partial charge in [0.15, 0.2) is 11.5 Å². The molecule has 1 heterocycles. The molecule has 0 aliphatic carbocycles. The predicted molar refractivity (Wildman–Crippen MR) is 66.9 cm³/mol. The molecule has 3 nitrogen and oxygen atoms in total. The molecule has 1 aromatic heterocycles. The third-order valence-corrected chi connectivity index (χ3v) is 2.76. The molecule has 0 aliphatic heterocycles. The summed E-state index contributed by atoms with van der Waals surface area (Å²) in [6.07, 6.45) is 0.444. The molecule has 0 bridgehead atoms. The minimum absolute atomic E-state index is 0.230. The summed E-state index contributed by atoms with van der Waals surface area (Å²) in [5.74, 6) is 0.882. The molecule has 90 valence electrons. The number of oxazole rings is 1. The van der Waals surface area contributed by atoms with Crippen LogP contribution in [0.25, 0.3) is 11.1 Å². The van der Waals surface area contributed by atoms with Crippen LogP contribution in [0.3, 0.4) is 0 Å². The van der Waals surface area contributed by atoms with Crippen molar-refractivity contribution in [1.29, 1.82) is 0 Å². The van der Waals surface area contributed by atoms with E-state index in [9.17, 15) is 4.79 Å². The number of aromatic nitrogens is 1. The van der Waals surface area contributed by atoms with Crippen LogP contribution in [0.1, 0.15) is 32.2 Å². The molecule has 0 fully saturated rings. The molecule has 1 aromatic carbocycles. The highest BCUT2D eigenvalue weighted by Gasteiger charge is 2.21. The van der Waals surface area contributed by atoms with Crippen LogP contribution in [-0.4, -0.2) is 10.8 Å². The Bertz CT molecular complexity index is 561. The van der Waals surface area contributed by atoms with Crippen molar-refractivity contribution in [3.05, 3.63) is 29.7 Å². The number of ketones is 1. The molecular formula is C14H17NO2. The van der Waals surface area contributed by atoms with Gasteiger partial charge in [-0.1, -0.05) is 26.8 Å². The molecule has 3 heteroatoms. The van der Waals surface area contributed by atoms with E-state index in [4.69, 9.17) is 4.42 Å². The Balaban J connectivity index is 2.28. The van der Waals surface area contributed by atoms with Gasteiger partial charge in [0.05, 0.1) is 0 Å². The number of benzene rings is 1. The average Bonchev–Trinajstić information content (AvgIpc) is 2.55. The lowest BCUT2D eigenvalue weighted by molar-refractivity contribution is -0.125. The highest BCUT2D eigenvalue weighted by Crippen LogP contribution is 2.21. The molecule has 0 amide bonds. The molecule has 2 aromatic rings. The van der Waals surface area contributed by atoms with E-state index in [1.165, 1.54) is 0 Å². The van der Waals surface area contributed by atoms with Crippen molar-refractivity contribution in [2.75, 3.05) is 0 Å². The first-order valence-electron chi connectivity index (χ1n) is 5.75. The number of rotatable bonds is 2. The highest BCUT2D eigenvalue weighted by molar-refractivity contribution is 5.86. The predicted octanol–water partition coefficient (Wildman–Crippen LogP) is 3.29. The first-order valence-corrected chi connectivity index (χ1v) is 5.75. The van der Waals surface area contributed by atoms with E-state index in [-0.39, 0.29) is 11.2 Å². The zero-order chi connectivity index (χ0) is 12.6. The summed E-state index contributed by atoms with van der Waals surface area (Å²) in [6.45, 7) is 7.63. The van der Waals surface area contributed by atoms with Crippen LogP contribution in [0.4, 0.5) is 0 Å². The third kappa shape index (κ3) is 2.54. The lowest BCUT2D eigenvalue weighted by Crippen LogP contribution is -2.21. The summed E-state index contributed by atoms with van der Waals surface area (Å²) in [4.78, 5) is 16.2. The van der Waals surface area contributed by atoms with E-state index >= 15 is 0 Å². The first-order chi connectivity index (χ1) is 7.86. The molecule has 0 saturated carbocycles. The number of Topliss-reactive ketones (excluding diaryl/α,β-unsaturated/α-hetero) is 1. The minimum Gasteiger partial charge on any atom is -0.441 e. The molecule has 0 aliphatic rings. The molecule has 0 unspecified atom stereocenters. The first kappa shape index (κ1) is 11.8. The van der Waals surface area contributed by atoms with E-state index in [0.29, 0.717) is 12.3 Å². The van der Waals surface area contributed by atoms with Gasteiger partial charge in [0.1, 0.15) is 11.3 Å². The molecule has 0 spiro atoms. The standard InChI is InChI=1S/C14H17NO2/c1-9-15-11-6-5-10(7-12(11)17-9)8-13(16)14(2,3)4/h5-7H,8H2,1-4H3. The number of hydrogen-bond donors (Lipinski definition) is 0. The number of carbonyl (C=O) groups is 1. The zero-order valence-corrected chi connectivity index (χ0v) is 10.7. The van der Waals surface area contributed by atoms with Crippen LogP contribution in [0, 0.1) is 12.3 Å². The fraction of sp³-hybridized carbons (Fsp3) is 0.429. The summed E-state index contributed by atoms with van der Waals surface area (Å²) < 4.78 is 5.45. The van der Waals surface area contributed by atoms with Gasteiger partial charge in [-0.05, 0) is 17.7 Å². The summed E-state index contributed by atoms with van der Waals surface area (Å²) in [7, 11) is 0. The minimum atomic E-state index is -0.299. The summed E-state index contributed by atoms with van der Waals surface area (Å²) >= 11 is 0. The van der Waals surface area contributed by atoms with Crippen molar-refractivity contribution < 1.29 is 9.21 Å². The van der Waals surface area contributed by atoms with E-state index in [1.807, 2.05) is 45.9 Å². The Morgan fingerprint density at radius 1 is 1.35 bits per heavy atom. The average molecular weight is 231 g/mol. The number of aryl methyl sites for hydroxylation is 1. The molecule has 0 N–H and O–H groups in total. The highest BCUT2D eigenvalue weighted by atomic mass is 16.3. The van der Waals surface area contributed by atoms with Crippen molar-refractivity contribution >= 4 is 16.9 Å². The zero-order valence-electron chi connectivity index (χ0n) is 10.7. The van der Waals surface area contributed by atoms with E-state index in [2.05, 4.69) is 4.98 Å². The van der Waals surface area contributed by atoms with E-state index in [1.54, 1.807) is 0 Å². The Morgan fingerprint density at radius 2 is 2.06 bits per heavy atom. The molecular weight excluding hydrogens is 214 g/mol. The maximum atomic E-state index is 11.9. The SMILES string of the molecule is Cc1nc2ccc(CC(=O)C(C)(C)C)cc2o1. The number of nitrogens with zero attached hydrogens (tertiary/aromatic N) is 1. The molecule has 2 rings (SSSR count). The monoisotopic (exact) mass is 231 g/mol. The van der Waals surface area contributed by atoms with Gasteiger partial charge in [0, 0.05) is 18.8 Å². The molecule has 0 saturated heterocycles. The Labute approximate surface area is 101 Å². The van der Waals surface area contributed by atoms with E-state index < -0.39 is 0 Å². The van der Waals surface area contributed by atoms with Gasteiger partial charge in [-0.3, -0.25) is 4.79 Å². The quantitative estimate of drug-likeness (QED) is 0.796. The fourth-order valence-electron chi connectivity index (χ4n) is 1.64. The number of fused-ring (bicyclic) bond motifs is 1. The summed E-state index contributed by atoms with van der Waals surface area (Å²) in [5.41, 5.74) is 2.27. The Morgan fingerprint density at radius 3 is 2.71 bits per heavy atom. The number of carbonyl (C=O) groups excluding carboxylic acids is 1. The van der Waals surface area contributed by atoms with Gasteiger partial charge < -0.3 is 4.42 Å². The van der Waals surface area contributed by atoms with Crippen molar-refractivity contribution in [2.45, 2.75) is 34.1 Å². The van der Waals surface area contributed by atoms with Crippen LogP contribution in [0.5, 0.6) is 0 Å².